The molecule has 0 heterocycles. The number of para-hydroxylation sites is 1. The number of aryl methyl sites for hydroxylation is 1. The van der Waals surface area contributed by atoms with Crippen molar-refractivity contribution in [2.45, 2.75) is 13.5 Å². The lowest BCUT2D eigenvalue weighted by molar-refractivity contribution is 0.0697. The van der Waals surface area contributed by atoms with Crippen molar-refractivity contribution in [3.8, 4) is 5.75 Å². The lowest BCUT2D eigenvalue weighted by atomic mass is 10.1. The quantitative estimate of drug-likeness (QED) is 0.915. The summed E-state index contributed by atoms with van der Waals surface area (Å²) in [4.78, 5) is 13.1. The van der Waals surface area contributed by atoms with Crippen LogP contribution in [0.25, 0.3) is 0 Å². The van der Waals surface area contributed by atoms with E-state index in [1.807, 2.05) is 44.3 Å². The van der Waals surface area contributed by atoms with Crippen molar-refractivity contribution in [2.24, 2.45) is 0 Å². The van der Waals surface area contributed by atoms with Crippen molar-refractivity contribution in [3.05, 3.63) is 59.2 Å². The van der Waals surface area contributed by atoms with Crippen LogP contribution in [-0.4, -0.2) is 25.2 Å². The van der Waals surface area contributed by atoms with Crippen molar-refractivity contribution in [1.82, 2.24) is 0 Å². The fourth-order valence-corrected chi connectivity index (χ4v) is 2.39. The van der Waals surface area contributed by atoms with Crippen molar-refractivity contribution in [2.75, 3.05) is 19.1 Å². The number of aromatic carboxylic acids is 1. The second kappa shape index (κ2) is 6.31. The number of rotatable bonds is 5. The Bertz CT molecular complexity index is 652. The van der Waals surface area contributed by atoms with Gasteiger partial charge in [0, 0.05) is 24.8 Å². The first kappa shape index (κ1) is 14.9. The van der Waals surface area contributed by atoms with E-state index in [9.17, 15) is 4.79 Å². The molecule has 0 saturated heterocycles. The fourth-order valence-electron chi connectivity index (χ4n) is 2.39. The van der Waals surface area contributed by atoms with Gasteiger partial charge < -0.3 is 14.7 Å². The maximum Gasteiger partial charge on any atom is 0.335 e. The molecule has 2 aromatic rings. The van der Waals surface area contributed by atoms with Crippen LogP contribution in [0.1, 0.15) is 21.5 Å². The summed E-state index contributed by atoms with van der Waals surface area (Å²) >= 11 is 0. The molecule has 0 amide bonds. The van der Waals surface area contributed by atoms with Gasteiger partial charge in [-0.05, 0) is 36.8 Å². The number of hydrogen-bond acceptors (Lipinski definition) is 3. The van der Waals surface area contributed by atoms with Crippen LogP contribution in [0.5, 0.6) is 5.75 Å². The minimum atomic E-state index is -0.906. The first-order chi connectivity index (χ1) is 10.0. The molecule has 0 saturated carbocycles. The second-order valence-corrected chi connectivity index (χ2v) is 4.97. The Morgan fingerprint density at radius 3 is 2.57 bits per heavy atom. The summed E-state index contributed by atoms with van der Waals surface area (Å²) < 4.78 is 5.36. The zero-order valence-electron chi connectivity index (χ0n) is 12.5. The van der Waals surface area contributed by atoms with Crippen LogP contribution in [0.3, 0.4) is 0 Å². The van der Waals surface area contributed by atoms with E-state index in [0.29, 0.717) is 12.1 Å². The van der Waals surface area contributed by atoms with Gasteiger partial charge in [0.1, 0.15) is 5.75 Å². The lowest BCUT2D eigenvalue weighted by Crippen LogP contribution is -2.18. The highest BCUT2D eigenvalue weighted by molar-refractivity contribution is 5.88. The average molecular weight is 285 g/mol. The highest BCUT2D eigenvalue weighted by atomic mass is 16.5. The Labute approximate surface area is 124 Å². The molecule has 0 aliphatic heterocycles. The molecule has 4 nitrogen and oxygen atoms in total. The third kappa shape index (κ3) is 3.34. The molecule has 0 atom stereocenters. The number of anilines is 1. The highest BCUT2D eigenvalue weighted by Gasteiger charge is 2.11. The number of methoxy groups -OCH3 is 1. The largest absolute Gasteiger partial charge is 0.496 e. The van der Waals surface area contributed by atoms with E-state index in [0.717, 1.165) is 22.6 Å². The molecular weight excluding hydrogens is 266 g/mol. The number of benzene rings is 2. The number of carboxylic acid groups (broad SMARTS) is 1. The molecule has 0 aromatic heterocycles. The van der Waals surface area contributed by atoms with Gasteiger partial charge >= 0.3 is 5.97 Å². The maximum atomic E-state index is 11.0. The Morgan fingerprint density at radius 1 is 1.24 bits per heavy atom. The third-order valence-electron chi connectivity index (χ3n) is 3.46. The van der Waals surface area contributed by atoms with Crippen molar-refractivity contribution >= 4 is 11.7 Å². The molecule has 0 spiro atoms. The average Bonchev–Trinajstić information content (AvgIpc) is 2.47. The molecule has 1 N–H and O–H groups in total. The summed E-state index contributed by atoms with van der Waals surface area (Å²) in [5.74, 6) is -0.0545. The maximum absolute atomic E-state index is 11.0. The van der Waals surface area contributed by atoms with Crippen LogP contribution >= 0.6 is 0 Å². The zero-order chi connectivity index (χ0) is 15.4. The molecule has 4 heteroatoms. The minimum Gasteiger partial charge on any atom is -0.496 e. The van der Waals surface area contributed by atoms with Crippen LogP contribution in [-0.2, 0) is 6.54 Å². The summed E-state index contributed by atoms with van der Waals surface area (Å²) in [7, 11) is 3.64. The van der Waals surface area contributed by atoms with E-state index in [1.54, 1.807) is 19.2 Å². The molecule has 2 aromatic carbocycles. The van der Waals surface area contributed by atoms with Gasteiger partial charge in [0.05, 0.1) is 12.7 Å². The van der Waals surface area contributed by atoms with Gasteiger partial charge in [-0.2, -0.15) is 0 Å². The van der Waals surface area contributed by atoms with E-state index in [4.69, 9.17) is 9.84 Å². The monoisotopic (exact) mass is 285 g/mol. The Kier molecular flexibility index (Phi) is 4.48. The zero-order valence-corrected chi connectivity index (χ0v) is 12.5. The lowest BCUT2D eigenvalue weighted by Gasteiger charge is -2.22. The summed E-state index contributed by atoms with van der Waals surface area (Å²) in [6.45, 7) is 2.61. The Hall–Kier alpha value is -2.49. The molecular formula is C17H19NO3. The van der Waals surface area contributed by atoms with E-state index in [-0.39, 0.29) is 0 Å². The minimum absolute atomic E-state index is 0.307. The first-order valence-corrected chi connectivity index (χ1v) is 6.70. The normalized spacial score (nSPS) is 10.2. The molecule has 2 rings (SSSR count). The predicted molar refractivity (Wildman–Crippen MR) is 83.2 cm³/mol. The smallest absolute Gasteiger partial charge is 0.335 e. The molecule has 0 bridgehead atoms. The van der Waals surface area contributed by atoms with E-state index in [2.05, 4.69) is 4.90 Å². The summed E-state index contributed by atoms with van der Waals surface area (Å²) in [6.07, 6.45) is 0. The van der Waals surface area contributed by atoms with E-state index < -0.39 is 5.97 Å². The third-order valence-corrected chi connectivity index (χ3v) is 3.46. The predicted octanol–water partition coefficient (Wildman–Crippen LogP) is 3.34. The van der Waals surface area contributed by atoms with Crippen LogP contribution < -0.4 is 9.64 Å². The van der Waals surface area contributed by atoms with Gasteiger partial charge in [0.15, 0.2) is 0 Å². The van der Waals surface area contributed by atoms with Gasteiger partial charge in [-0.1, -0.05) is 18.2 Å². The SMILES string of the molecule is COc1ccccc1CN(C)c1ccc(C(=O)O)cc1C. The molecule has 0 unspecified atom stereocenters. The topological polar surface area (TPSA) is 49.8 Å². The van der Waals surface area contributed by atoms with Gasteiger partial charge in [0.2, 0.25) is 0 Å². The summed E-state index contributed by atoms with van der Waals surface area (Å²) in [5, 5.41) is 9.01. The van der Waals surface area contributed by atoms with Crippen molar-refractivity contribution < 1.29 is 14.6 Å². The molecule has 0 aliphatic carbocycles. The summed E-state index contributed by atoms with van der Waals surface area (Å²) in [5.41, 5.74) is 3.34. The second-order valence-electron chi connectivity index (χ2n) is 4.97. The van der Waals surface area contributed by atoms with Gasteiger partial charge in [-0.3, -0.25) is 0 Å². The van der Waals surface area contributed by atoms with Crippen LogP contribution in [0.2, 0.25) is 0 Å². The van der Waals surface area contributed by atoms with Crippen LogP contribution in [0, 0.1) is 6.92 Å². The van der Waals surface area contributed by atoms with Gasteiger partial charge in [0.25, 0.3) is 0 Å². The van der Waals surface area contributed by atoms with Gasteiger partial charge in [-0.25, -0.2) is 4.79 Å². The standard InChI is InChI=1S/C17H19NO3/c1-12-10-13(17(19)20)8-9-15(12)18(2)11-14-6-4-5-7-16(14)21-3/h4-10H,11H2,1-3H3,(H,19,20). The van der Waals surface area contributed by atoms with Crippen molar-refractivity contribution in [3.63, 3.8) is 0 Å². The first-order valence-electron chi connectivity index (χ1n) is 6.70. The van der Waals surface area contributed by atoms with E-state index in [1.165, 1.54) is 0 Å². The Balaban J connectivity index is 2.24. The molecule has 0 aliphatic rings. The highest BCUT2D eigenvalue weighted by Crippen LogP contribution is 2.25. The van der Waals surface area contributed by atoms with Crippen LogP contribution in [0.15, 0.2) is 42.5 Å². The number of carbonyl (C=O) groups is 1. The Morgan fingerprint density at radius 2 is 1.95 bits per heavy atom. The number of ether oxygens (including phenoxy) is 1. The molecule has 110 valence electrons. The summed E-state index contributed by atoms with van der Waals surface area (Å²) in [6, 6.07) is 13.0. The van der Waals surface area contributed by atoms with Crippen LogP contribution in [0.4, 0.5) is 5.69 Å². The number of nitrogens with zero attached hydrogens (tertiary/aromatic N) is 1. The fraction of sp³-hybridized carbons (Fsp3) is 0.235. The van der Waals surface area contributed by atoms with Crippen molar-refractivity contribution in [1.29, 1.82) is 0 Å². The molecule has 0 radical (unpaired) electrons. The van der Waals surface area contributed by atoms with E-state index >= 15 is 0 Å². The molecule has 21 heavy (non-hydrogen) atoms. The number of hydrogen-bond donors (Lipinski definition) is 1. The number of carboxylic acids is 1. The van der Waals surface area contributed by atoms with Gasteiger partial charge in [-0.15, -0.1) is 0 Å². The molecule has 0 fully saturated rings.